The molecule has 35 heavy (non-hydrogen) atoms. The molecule has 10 nitrogen and oxygen atoms in total. The first-order valence-corrected chi connectivity index (χ1v) is 11.8. The van der Waals surface area contributed by atoms with Crippen molar-refractivity contribution >= 4 is 33.3 Å². The van der Waals surface area contributed by atoms with Crippen LogP contribution in [0.3, 0.4) is 0 Å². The number of anilines is 2. The second kappa shape index (κ2) is 9.49. The fourth-order valence-electron chi connectivity index (χ4n) is 3.60. The zero-order chi connectivity index (χ0) is 25.4. The van der Waals surface area contributed by atoms with Crippen LogP contribution in [0.25, 0.3) is 16.2 Å². The monoisotopic (exact) mass is 512 g/mol. The number of carbonyl (C=O) groups excluding carboxylic acids is 1. The molecule has 0 aliphatic carbocycles. The van der Waals surface area contributed by atoms with Crippen molar-refractivity contribution in [3.63, 3.8) is 0 Å². The highest BCUT2D eigenvalue weighted by Crippen LogP contribution is 2.35. The number of amides is 1. The van der Waals surface area contributed by atoms with Crippen LogP contribution in [0.1, 0.15) is 26.3 Å². The minimum atomic E-state index is -4.61. The van der Waals surface area contributed by atoms with Gasteiger partial charge in [0.1, 0.15) is 11.4 Å². The number of hydrogen-bond donors (Lipinski definition) is 2. The fourth-order valence-corrected chi connectivity index (χ4v) is 4.41. The number of hydrogen-bond acceptors (Lipinski definition) is 9. The van der Waals surface area contributed by atoms with Crippen molar-refractivity contribution in [3.05, 3.63) is 24.0 Å². The zero-order valence-electron chi connectivity index (χ0n) is 19.6. The maximum Gasteiger partial charge on any atom is 0.419 e. The van der Waals surface area contributed by atoms with E-state index in [9.17, 15) is 18.0 Å². The van der Waals surface area contributed by atoms with E-state index in [4.69, 9.17) is 10.5 Å². The van der Waals surface area contributed by atoms with Gasteiger partial charge in [-0.05, 0) is 26.8 Å². The molecule has 3 N–H and O–H groups in total. The topological polar surface area (TPSA) is 114 Å². The van der Waals surface area contributed by atoms with Crippen molar-refractivity contribution in [3.8, 4) is 11.3 Å². The third kappa shape index (κ3) is 5.93. The first-order valence-electron chi connectivity index (χ1n) is 11.0. The second-order valence-electron chi connectivity index (χ2n) is 9.14. The number of nitrogens with one attached hydrogen (secondary N) is 1. The number of piperazine rings is 1. The lowest BCUT2D eigenvalue weighted by molar-refractivity contribution is -0.137. The lowest BCUT2D eigenvalue weighted by Crippen LogP contribution is -2.50. The Labute approximate surface area is 203 Å². The number of carbonyl (C=O) groups is 1. The number of pyridine rings is 1. The predicted octanol–water partition coefficient (Wildman–Crippen LogP) is 3.42. The first kappa shape index (κ1) is 25.0. The maximum absolute atomic E-state index is 13.2. The molecule has 0 unspecified atom stereocenters. The maximum atomic E-state index is 13.2. The quantitative estimate of drug-likeness (QED) is 0.535. The molecule has 1 aliphatic rings. The molecule has 4 heterocycles. The number of halogens is 3. The van der Waals surface area contributed by atoms with Crippen molar-refractivity contribution in [1.29, 1.82) is 0 Å². The van der Waals surface area contributed by atoms with Crippen LogP contribution in [0.15, 0.2) is 18.5 Å². The van der Waals surface area contributed by atoms with Crippen LogP contribution in [0.4, 0.5) is 28.9 Å². The van der Waals surface area contributed by atoms with Gasteiger partial charge >= 0.3 is 12.3 Å². The highest BCUT2D eigenvalue weighted by Gasteiger charge is 2.34. The number of ether oxygens (including phenoxy) is 1. The minimum Gasteiger partial charge on any atom is -0.444 e. The number of imidazole rings is 1. The molecule has 1 amide bonds. The molecular formula is C21H27F3N8O2S. The largest absolute Gasteiger partial charge is 0.444 e. The third-order valence-corrected chi connectivity index (χ3v) is 6.21. The van der Waals surface area contributed by atoms with Gasteiger partial charge in [-0.1, -0.05) is 11.3 Å². The Hall–Kier alpha value is -3.13. The molecule has 3 aromatic rings. The Morgan fingerprint density at radius 1 is 1.17 bits per heavy atom. The Kier molecular flexibility index (Phi) is 6.77. The van der Waals surface area contributed by atoms with Crippen LogP contribution < -0.4 is 11.1 Å². The molecular weight excluding hydrogens is 485 g/mol. The Morgan fingerprint density at radius 3 is 2.54 bits per heavy atom. The summed E-state index contributed by atoms with van der Waals surface area (Å²) >= 11 is 1.30. The van der Waals surface area contributed by atoms with Crippen molar-refractivity contribution < 1.29 is 22.7 Å². The van der Waals surface area contributed by atoms with E-state index in [0.29, 0.717) is 35.4 Å². The molecule has 14 heteroatoms. The van der Waals surface area contributed by atoms with E-state index < -0.39 is 23.2 Å². The predicted molar refractivity (Wildman–Crippen MR) is 126 cm³/mol. The van der Waals surface area contributed by atoms with E-state index in [1.807, 2.05) is 20.8 Å². The summed E-state index contributed by atoms with van der Waals surface area (Å²) in [4.78, 5) is 24.6. The molecule has 190 valence electrons. The third-order valence-electron chi connectivity index (χ3n) is 5.33. The van der Waals surface area contributed by atoms with Crippen LogP contribution in [0, 0.1) is 0 Å². The molecule has 4 rings (SSSR count). The normalized spacial score (nSPS) is 15.5. The van der Waals surface area contributed by atoms with Gasteiger partial charge in [-0.3, -0.25) is 4.90 Å². The molecule has 1 aliphatic heterocycles. The van der Waals surface area contributed by atoms with Gasteiger partial charge in [-0.2, -0.15) is 13.2 Å². The van der Waals surface area contributed by atoms with Crippen molar-refractivity contribution in [2.75, 3.05) is 50.3 Å². The minimum absolute atomic E-state index is 0.221. The summed E-state index contributed by atoms with van der Waals surface area (Å²) < 4.78 is 46.5. The summed E-state index contributed by atoms with van der Waals surface area (Å²) in [6, 6.07) is 0.954. The molecule has 1 saturated heterocycles. The molecule has 0 bridgehead atoms. The molecule has 0 atom stereocenters. The van der Waals surface area contributed by atoms with Crippen LogP contribution in [0.5, 0.6) is 0 Å². The summed E-state index contributed by atoms with van der Waals surface area (Å²) in [5.41, 5.74) is 4.50. The van der Waals surface area contributed by atoms with Gasteiger partial charge in [0.15, 0.2) is 0 Å². The van der Waals surface area contributed by atoms with E-state index >= 15 is 0 Å². The van der Waals surface area contributed by atoms with Gasteiger partial charge in [0, 0.05) is 51.0 Å². The number of nitrogens with two attached hydrogens (primary N) is 1. The second-order valence-corrected chi connectivity index (χ2v) is 10.1. The van der Waals surface area contributed by atoms with Gasteiger partial charge in [-0.15, -0.1) is 5.10 Å². The van der Waals surface area contributed by atoms with Crippen LogP contribution in [-0.2, 0) is 10.9 Å². The molecule has 0 aromatic carbocycles. The van der Waals surface area contributed by atoms with Crippen molar-refractivity contribution in [1.82, 2.24) is 29.4 Å². The Balaban J connectivity index is 1.33. The summed E-state index contributed by atoms with van der Waals surface area (Å²) in [6.07, 6.45) is -2.17. The SMILES string of the molecule is CC(C)(C)OC(=O)N1CCN(CCNc2nn3c(-c4cnc(N)c(C(F)(F)F)c4)cnc3s2)CC1. The summed E-state index contributed by atoms with van der Waals surface area (Å²) in [5.74, 6) is -0.574. The molecule has 0 saturated carbocycles. The van der Waals surface area contributed by atoms with Crippen LogP contribution in [-0.4, -0.2) is 80.3 Å². The van der Waals surface area contributed by atoms with E-state index in [1.165, 1.54) is 28.2 Å². The number of alkyl halides is 3. The van der Waals surface area contributed by atoms with Gasteiger partial charge < -0.3 is 20.7 Å². The highest BCUT2D eigenvalue weighted by atomic mass is 32.1. The van der Waals surface area contributed by atoms with Gasteiger partial charge in [0.25, 0.3) is 0 Å². The zero-order valence-corrected chi connectivity index (χ0v) is 20.4. The first-order chi connectivity index (χ1) is 16.4. The van der Waals surface area contributed by atoms with Gasteiger partial charge in [0.2, 0.25) is 10.1 Å². The number of aromatic nitrogens is 4. The lowest BCUT2D eigenvalue weighted by Gasteiger charge is -2.35. The number of rotatable bonds is 5. The molecule has 3 aromatic heterocycles. The summed E-state index contributed by atoms with van der Waals surface area (Å²) in [6.45, 7) is 9.55. The van der Waals surface area contributed by atoms with Crippen LogP contribution in [0.2, 0.25) is 0 Å². The molecule has 0 radical (unpaired) electrons. The average Bonchev–Trinajstić information content (AvgIpc) is 3.33. The average molecular weight is 513 g/mol. The van der Waals surface area contributed by atoms with Crippen molar-refractivity contribution in [2.24, 2.45) is 0 Å². The Morgan fingerprint density at radius 2 is 1.89 bits per heavy atom. The fraction of sp³-hybridized carbons (Fsp3) is 0.524. The van der Waals surface area contributed by atoms with Gasteiger partial charge in [-0.25, -0.2) is 19.3 Å². The molecule has 1 fully saturated rings. The van der Waals surface area contributed by atoms with Crippen LogP contribution >= 0.6 is 11.3 Å². The van der Waals surface area contributed by atoms with E-state index in [0.717, 1.165) is 25.7 Å². The highest BCUT2D eigenvalue weighted by molar-refractivity contribution is 7.20. The van der Waals surface area contributed by atoms with E-state index in [-0.39, 0.29) is 11.7 Å². The Bertz CT molecular complexity index is 1200. The van der Waals surface area contributed by atoms with E-state index in [1.54, 1.807) is 4.90 Å². The number of nitrogens with zero attached hydrogens (tertiary/aromatic N) is 6. The standard InChI is InChI=1S/C21H27F3N8O2S/c1-20(2,3)34-19(33)31-8-6-30(7-9-31)5-4-26-17-29-32-15(12-28-18(32)35-17)13-10-14(21(22,23)24)16(25)27-11-13/h10-12H,4-9H2,1-3H3,(H2,25,27)(H,26,29). The molecule has 0 spiro atoms. The number of fused-ring (bicyclic) bond motifs is 1. The lowest BCUT2D eigenvalue weighted by atomic mass is 10.1. The number of nitrogen functional groups attached to an aromatic ring is 1. The summed E-state index contributed by atoms with van der Waals surface area (Å²) in [5, 5.41) is 8.29. The summed E-state index contributed by atoms with van der Waals surface area (Å²) in [7, 11) is 0. The van der Waals surface area contributed by atoms with Gasteiger partial charge in [0.05, 0.1) is 17.5 Å². The smallest absolute Gasteiger partial charge is 0.419 e. The van der Waals surface area contributed by atoms with Crippen molar-refractivity contribution in [2.45, 2.75) is 32.5 Å². The van der Waals surface area contributed by atoms with E-state index in [2.05, 4.69) is 25.3 Å².